The van der Waals surface area contributed by atoms with Crippen LogP contribution >= 0.6 is 11.6 Å². The van der Waals surface area contributed by atoms with E-state index in [4.69, 9.17) is 16.3 Å². The van der Waals surface area contributed by atoms with Crippen LogP contribution < -0.4 is 10.1 Å². The molecule has 0 saturated heterocycles. The summed E-state index contributed by atoms with van der Waals surface area (Å²) in [4.78, 5) is 19.4. The number of tetrazole rings is 1. The Balaban J connectivity index is 1.63. The van der Waals surface area contributed by atoms with Gasteiger partial charge in [-0.05, 0) is 34.7 Å². The Bertz CT molecular complexity index is 1270. The number of hydrogen-bond acceptors (Lipinski definition) is 7. The fourth-order valence-corrected chi connectivity index (χ4v) is 2.92. The SMILES string of the molecule is Cn1nnnc1-n1c(OCc2cccc(NC(=O)C(F)(F)F)n2)nc2c(Cl)cccc21. The largest absolute Gasteiger partial charge is 0.471 e. The zero-order chi connectivity index (χ0) is 22.2. The first kappa shape index (κ1) is 20.5. The summed E-state index contributed by atoms with van der Waals surface area (Å²) < 4.78 is 46.0. The van der Waals surface area contributed by atoms with Gasteiger partial charge in [0.05, 0.1) is 16.2 Å². The van der Waals surface area contributed by atoms with E-state index in [-0.39, 0.29) is 24.1 Å². The Kier molecular flexibility index (Phi) is 5.19. The number of amides is 1. The molecule has 1 aromatic carbocycles. The summed E-state index contributed by atoms with van der Waals surface area (Å²) in [5.41, 5.74) is 1.28. The molecular weight excluding hydrogens is 441 g/mol. The Hall–Kier alpha value is -3.74. The lowest BCUT2D eigenvalue weighted by Crippen LogP contribution is -2.30. The van der Waals surface area contributed by atoms with Gasteiger partial charge in [0.25, 0.3) is 5.95 Å². The number of aryl methyl sites for hydroxylation is 1. The van der Waals surface area contributed by atoms with Crippen molar-refractivity contribution >= 4 is 34.4 Å². The number of anilines is 1. The number of carbonyl (C=O) groups excluding carboxylic acids is 1. The van der Waals surface area contributed by atoms with Crippen molar-refractivity contribution in [3.63, 3.8) is 0 Å². The van der Waals surface area contributed by atoms with Gasteiger partial charge >= 0.3 is 18.1 Å². The van der Waals surface area contributed by atoms with Crippen molar-refractivity contribution in [3.05, 3.63) is 47.1 Å². The van der Waals surface area contributed by atoms with Gasteiger partial charge in [-0.1, -0.05) is 28.8 Å². The first-order valence-electron chi connectivity index (χ1n) is 8.60. The topological polar surface area (TPSA) is 113 Å². The third kappa shape index (κ3) is 4.12. The molecule has 160 valence electrons. The van der Waals surface area contributed by atoms with Crippen molar-refractivity contribution in [3.8, 4) is 12.0 Å². The predicted molar refractivity (Wildman–Crippen MR) is 102 cm³/mol. The molecule has 3 heterocycles. The number of nitrogens with zero attached hydrogens (tertiary/aromatic N) is 7. The first-order chi connectivity index (χ1) is 14.7. The second-order valence-electron chi connectivity index (χ2n) is 6.19. The summed E-state index contributed by atoms with van der Waals surface area (Å²) >= 11 is 6.23. The third-order valence-corrected chi connectivity index (χ3v) is 4.36. The maximum atomic E-state index is 12.4. The number of ether oxygens (including phenoxy) is 1. The summed E-state index contributed by atoms with van der Waals surface area (Å²) in [6.07, 6.45) is -5.03. The highest BCUT2D eigenvalue weighted by molar-refractivity contribution is 6.35. The van der Waals surface area contributed by atoms with E-state index >= 15 is 0 Å². The van der Waals surface area contributed by atoms with Gasteiger partial charge in [0.2, 0.25) is 0 Å². The number of hydrogen-bond donors (Lipinski definition) is 1. The highest BCUT2D eigenvalue weighted by Gasteiger charge is 2.38. The van der Waals surface area contributed by atoms with Crippen LogP contribution in [0.3, 0.4) is 0 Å². The maximum Gasteiger partial charge on any atom is 0.471 e. The van der Waals surface area contributed by atoms with E-state index in [1.807, 2.05) is 0 Å². The Morgan fingerprint density at radius 2 is 1.97 bits per heavy atom. The molecule has 0 spiro atoms. The summed E-state index contributed by atoms with van der Waals surface area (Å²) in [6.45, 7) is -0.165. The van der Waals surface area contributed by atoms with Crippen LogP contribution in [0.25, 0.3) is 17.0 Å². The summed E-state index contributed by atoms with van der Waals surface area (Å²) in [6, 6.07) is 9.41. The molecule has 31 heavy (non-hydrogen) atoms. The minimum atomic E-state index is -5.03. The van der Waals surface area contributed by atoms with Crippen LogP contribution in [0.2, 0.25) is 5.02 Å². The van der Waals surface area contributed by atoms with Gasteiger partial charge in [0, 0.05) is 7.05 Å². The van der Waals surface area contributed by atoms with E-state index in [0.29, 0.717) is 22.0 Å². The van der Waals surface area contributed by atoms with Gasteiger partial charge in [0.15, 0.2) is 0 Å². The number of aromatic nitrogens is 7. The fourth-order valence-electron chi connectivity index (χ4n) is 2.70. The highest BCUT2D eigenvalue weighted by atomic mass is 35.5. The molecule has 10 nitrogen and oxygen atoms in total. The van der Waals surface area contributed by atoms with E-state index in [2.05, 4.69) is 25.5 Å². The maximum absolute atomic E-state index is 12.4. The predicted octanol–water partition coefficient (Wildman–Crippen LogP) is 2.68. The molecule has 0 aliphatic heterocycles. The van der Waals surface area contributed by atoms with Crippen molar-refractivity contribution in [1.82, 2.24) is 34.7 Å². The van der Waals surface area contributed by atoms with Gasteiger partial charge < -0.3 is 10.1 Å². The molecule has 0 aliphatic rings. The zero-order valence-corrected chi connectivity index (χ0v) is 16.4. The molecular formula is C17H12ClF3N8O2. The number of nitrogens with one attached hydrogen (secondary N) is 1. The lowest BCUT2D eigenvalue weighted by molar-refractivity contribution is -0.167. The molecule has 0 atom stereocenters. The van der Waals surface area contributed by atoms with Crippen molar-refractivity contribution in [1.29, 1.82) is 0 Å². The second kappa shape index (κ2) is 7.83. The van der Waals surface area contributed by atoms with Gasteiger partial charge in [0.1, 0.15) is 17.9 Å². The molecule has 1 amide bonds. The number of halogens is 4. The standard InChI is InChI=1S/C17H12ClF3N8O2/c1-28-15(25-26-27-28)29-11-6-3-5-10(18)13(11)24-16(29)31-8-9-4-2-7-12(22-9)23-14(30)17(19,20)21/h2-7H,8H2,1H3,(H,22,23,30). The average molecular weight is 453 g/mol. The van der Waals surface area contributed by atoms with Crippen molar-refractivity contribution in [2.45, 2.75) is 12.8 Å². The van der Waals surface area contributed by atoms with Crippen LogP contribution in [0.15, 0.2) is 36.4 Å². The average Bonchev–Trinajstić information content (AvgIpc) is 3.29. The molecule has 0 fully saturated rings. The molecule has 0 unspecified atom stereocenters. The fraction of sp³-hybridized carbons (Fsp3) is 0.176. The van der Waals surface area contributed by atoms with Crippen LogP contribution in [-0.2, 0) is 18.4 Å². The van der Waals surface area contributed by atoms with Gasteiger partial charge in [-0.2, -0.15) is 18.2 Å². The van der Waals surface area contributed by atoms with E-state index in [0.717, 1.165) is 0 Å². The number of benzene rings is 1. The zero-order valence-electron chi connectivity index (χ0n) is 15.6. The molecule has 0 saturated carbocycles. The molecule has 4 rings (SSSR count). The third-order valence-electron chi connectivity index (χ3n) is 4.06. The van der Waals surface area contributed by atoms with E-state index in [1.54, 1.807) is 30.6 Å². The minimum Gasteiger partial charge on any atom is -0.458 e. The van der Waals surface area contributed by atoms with Crippen molar-refractivity contribution < 1.29 is 22.7 Å². The number of imidazole rings is 1. The van der Waals surface area contributed by atoms with Crippen LogP contribution in [0, 0.1) is 0 Å². The molecule has 14 heteroatoms. The van der Waals surface area contributed by atoms with Crippen LogP contribution in [0.5, 0.6) is 6.01 Å². The Morgan fingerprint density at radius 3 is 2.68 bits per heavy atom. The Labute approximate surface area is 176 Å². The first-order valence-corrected chi connectivity index (χ1v) is 8.98. The normalized spacial score (nSPS) is 11.6. The molecule has 3 aromatic heterocycles. The van der Waals surface area contributed by atoms with E-state index in [9.17, 15) is 18.0 Å². The van der Waals surface area contributed by atoms with Gasteiger partial charge in [-0.15, -0.1) is 0 Å². The minimum absolute atomic E-state index is 0.0903. The van der Waals surface area contributed by atoms with Crippen LogP contribution in [0.1, 0.15) is 5.69 Å². The quantitative estimate of drug-likeness (QED) is 0.495. The number of pyridine rings is 1. The molecule has 4 aromatic rings. The smallest absolute Gasteiger partial charge is 0.458 e. The number of rotatable bonds is 5. The number of para-hydroxylation sites is 1. The van der Waals surface area contributed by atoms with Gasteiger partial charge in [-0.25, -0.2) is 14.2 Å². The molecule has 0 radical (unpaired) electrons. The van der Waals surface area contributed by atoms with E-state index in [1.165, 1.54) is 27.4 Å². The number of carbonyl (C=O) groups is 1. The van der Waals surface area contributed by atoms with Crippen molar-refractivity contribution in [2.75, 3.05) is 5.32 Å². The Morgan fingerprint density at radius 1 is 1.19 bits per heavy atom. The summed E-state index contributed by atoms with van der Waals surface area (Å²) in [7, 11) is 1.63. The van der Waals surface area contributed by atoms with Crippen LogP contribution in [-0.4, -0.2) is 46.8 Å². The number of alkyl halides is 3. The molecule has 0 bridgehead atoms. The summed E-state index contributed by atoms with van der Waals surface area (Å²) in [5, 5.41) is 13.4. The number of fused-ring (bicyclic) bond motifs is 1. The second-order valence-corrected chi connectivity index (χ2v) is 6.60. The van der Waals surface area contributed by atoms with Crippen LogP contribution in [0.4, 0.5) is 19.0 Å². The monoisotopic (exact) mass is 452 g/mol. The molecule has 0 aliphatic carbocycles. The van der Waals surface area contributed by atoms with Gasteiger partial charge in [-0.3, -0.25) is 4.79 Å². The summed E-state index contributed by atoms with van der Waals surface area (Å²) in [5.74, 6) is -2.08. The molecule has 1 N–H and O–H groups in total. The lowest BCUT2D eigenvalue weighted by atomic mass is 10.3. The highest BCUT2D eigenvalue weighted by Crippen LogP contribution is 2.30. The lowest BCUT2D eigenvalue weighted by Gasteiger charge is -2.10. The van der Waals surface area contributed by atoms with E-state index < -0.39 is 12.1 Å². The van der Waals surface area contributed by atoms with Crippen molar-refractivity contribution in [2.24, 2.45) is 7.05 Å².